The Morgan fingerprint density at radius 3 is 3.00 bits per heavy atom. The molecule has 1 aliphatic rings. The van der Waals surface area contributed by atoms with Crippen molar-refractivity contribution >= 4 is 0 Å². The number of rotatable bonds is 4. The zero-order valence-electron chi connectivity index (χ0n) is 7.98. The normalized spacial score (nSPS) is 18.9. The fourth-order valence-corrected chi connectivity index (χ4v) is 1.58. The van der Waals surface area contributed by atoms with Crippen LogP contribution in [0.2, 0.25) is 0 Å². The van der Waals surface area contributed by atoms with Crippen molar-refractivity contribution in [2.45, 2.75) is 31.8 Å². The maximum Gasteiger partial charge on any atom is 0.0820 e. The van der Waals surface area contributed by atoms with Crippen molar-refractivity contribution in [3.63, 3.8) is 0 Å². The van der Waals surface area contributed by atoms with Crippen molar-refractivity contribution in [3.8, 4) is 0 Å². The van der Waals surface area contributed by atoms with Gasteiger partial charge in [0.25, 0.3) is 0 Å². The highest BCUT2D eigenvalue weighted by molar-refractivity contribution is 5.07. The van der Waals surface area contributed by atoms with E-state index in [0.29, 0.717) is 0 Å². The van der Waals surface area contributed by atoms with Crippen LogP contribution in [0.5, 0.6) is 0 Å². The van der Waals surface area contributed by atoms with Crippen molar-refractivity contribution in [1.29, 1.82) is 0 Å². The minimum absolute atomic E-state index is 0.311. The first-order valence-electron chi connectivity index (χ1n) is 4.92. The summed E-state index contributed by atoms with van der Waals surface area (Å²) < 4.78 is 1.73. The molecule has 3 nitrogen and oxygen atoms in total. The molecule has 1 unspecified atom stereocenters. The highest BCUT2D eigenvalue weighted by Gasteiger charge is 2.22. The van der Waals surface area contributed by atoms with E-state index in [4.69, 9.17) is 0 Å². The number of aryl methyl sites for hydroxylation is 1. The fourth-order valence-electron chi connectivity index (χ4n) is 1.58. The minimum atomic E-state index is -0.311. The first kappa shape index (κ1) is 8.75. The molecule has 0 spiro atoms. The van der Waals surface area contributed by atoms with Gasteiger partial charge in [0, 0.05) is 18.8 Å². The largest absolute Gasteiger partial charge is 0.388 e. The zero-order chi connectivity index (χ0) is 9.26. The van der Waals surface area contributed by atoms with E-state index in [-0.39, 0.29) is 6.10 Å². The summed E-state index contributed by atoms with van der Waals surface area (Å²) in [5.74, 6) is 0.895. The van der Waals surface area contributed by atoms with E-state index in [1.54, 1.807) is 10.9 Å². The van der Waals surface area contributed by atoms with Gasteiger partial charge in [-0.2, -0.15) is 5.10 Å². The van der Waals surface area contributed by atoms with Gasteiger partial charge >= 0.3 is 0 Å². The van der Waals surface area contributed by atoms with Crippen LogP contribution in [-0.2, 0) is 7.05 Å². The molecule has 0 amide bonds. The topological polar surface area (TPSA) is 38.0 Å². The predicted octanol–water partition coefficient (Wildman–Crippen LogP) is 1.64. The van der Waals surface area contributed by atoms with Crippen LogP contribution in [0.15, 0.2) is 12.4 Å². The molecular weight excluding hydrogens is 164 g/mol. The van der Waals surface area contributed by atoms with Gasteiger partial charge in [0.2, 0.25) is 0 Å². The number of nitrogens with zero attached hydrogens (tertiary/aromatic N) is 2. The Morgan fingerprint density at radius 2 is 2.46 bits per heavy atom. The molecule has 0 radical (unpaired) electrons. The lowest BCUT2D eigenvalue weighted by Gasteiger charge is -2.06. The van der Waals surface area contributed by atoms with Gasteiger partial charge in [-0.1, -0.05) is 12.8 Å². The van der Waals surface area contributed by atoms with Crippen LogP contribution in [0.1, 0.15) is 37.4 Å². The Bertz CT molecular complexity index is 278. The van der Waals surface area contributed by atoms with Crippen molar-refractivity contribution < 1.29 is 5.11 Å². The van der Waals surface area contributed by atoms with E-state index in [9.17, 15) is 5.11 Å². The van der Waals surface area contributed by atoms with E-state index in [1.807, 2.05) is 13.2 Å². The van der Waals surface area contributed by atoms with Gasteiger partial charge in [-0.05, 0) is 18.8 Å². The van der Waals surface area contributed by atoms with Gasteiger partial charge in [-0.25, -0.2) is 0 Å². The van der Waals surface area contributed by atoms with Gasteiger partial charge < -0.3 is 5.11 Å². The van der Waals surface area contributed by atoms with Crippen LogP contribution < -0.4 is 0 Å². The van der Waals surface area contributed by atoms with Crippen molar-refractivity contribution in [2.24, 2.45) is 13.0 Å². The summed E-state index contributed by atoms with van der Waals surface area (Å²) in [5.41, 5.74) is 0.947. The van der Waals surface area contributed by atoms with Crippen molar-refractivity contribution in [2.75, 3.05) is 0 Å². The molecule has 1 aromatic rings. The van der Waals surface area contributed by atoms with Gasteiger partial charge in [0.15, 0.2) is 0 Å². The first-order valence-corrected chi connectivity index (χ1v) is 4.92. The molecule has 3 heteroatoms. The highest BCUT2D eigenvalue weighted by atomic mass is 16.3. The average molecular weight is 180 g/mol. The molecule has 0 bridgehead atoms. The van der Waals surface area contributed by atoms with E-state index < -0.39 is 0 Å². The van der Waals surface area contributed by atoms with E-state index in [0.717, 1.165) is 24.3 Å². The van der Waals surface area contributed by atoms with E-state index in [2.05, 4.69) is 5.10 Å². The Balaban J connectivity index is 1.84. The van der Waals surface area contributed by atoms with E-state index in [1.165, 1.54) is 12.8 Å². The lowest BCUT2D eigenvalue weighted by atomic mass is 10.1. The second-order valence-electron chi connectivity index (χ2n) is 3.98. The molecule has 13 heavy (non-hydrogen) atoms. The molecule has 1 atom stereocenters. The lowest BCUT2D eigenvalue weighted by molar-refractivity contribution is 0.162. The SMILES string of the molecule is Cn1cc(C(O)CCC2CC2)cn1. The van der Waals surface area contributed by atoms with Gasteiger partial charge in [0.05, 0.1) is 12.3 Å². The maximum absolute atomic E-state index is 9.76. The van der Waals surface area contributed by atoms with Gasteiger partial charge in [0.1, 0.15) is 0 Å². The molecular formula is C10H16N2O. The molecule has 1 saturated carbocycles. The molecule has 0 saturated heterocycles. The number of hydrogen-bond donors (Lipinski definition) is 1. The van der Waals surface area contributed by atoms with Gasteiger partial charge in [-0.3, -0.25) is 4.68 Å². The average Bonchev–Trinajstić information content (AvgIpc) is 2.84. The maximum atomic E-state index is 9.76. The third-order valence-electron chi connectivity index (χ3n) is 2.65. The summed E-state index contributed by atoms with van der Waals surface area (Å²) in [6.45, 7) is 0. The third kappa shape index (κ3) is 2.31. The molecule has 0 aliphatic heterocycles. The van der Waals surface area contributed by atoms with Crippen LogP contribution in [0.3, 0.4) is 0 Å². The second kappa shape index (κ2) is 3.50. The summed E-state index contributed by atoms with van der Waals surface area (Å²) in [7, 11) is 1.87. The number of aliphatic hydroxyl groups is 1. The molecule has 1 aliphatic carbocycles. The van der Waals surface area contributed by atoms with E-state index >= 15 is 0 Å². The van der Waals surface area contributed by atoms with Crippen LogP contribution in [0, 0.1) is 5.92 Å². The molecule has 2 rings (SSSR count). The lowest BCUT2D eigenvalue weighted by Crippen LogP contribution is -1.96. The number of hydrogen-bond acceptors (Lipinski definition) is 2. The van der Waals surface area contributed by atoms with Crippen LogP contribution >= 0.6 is 0 Å². The molecule has 72 valence electrons. The zero-order valence-corrected chi connectivity index (χ0v) is 7.98. The van der Waals surface area contributed by atoms with Crippen LogP contribution in [0.4, 0.5) is 0 Å². The second-order valence-corrected chi connectivity index (χ2v) is 3.98. The molecule has 1 heterocycles. The van der Waals surface area contributed by atoms with Crippen molar-refractivity contribution in [3.05, 3.63) is 18.0 Å². The van der Waals surface area contributed by atoms with Gasteiger partial charge in [-0.15, -0.1) is 0 Å². The first-order chi connectivity index (χ1) is 6.25. The van der Waals surface area contributed by atoms with Crippen LogP contribution in [0.25, 0.3) is 0 Å². The summed E-state index contributed by atoms with van der Waals surface area (Å²) in [4.78, 5) is 0. The summed E-state index contributed by atoms with van der Waals surface area (Å²) >= 11 is 0. The molecule has 1 N–H and O–H groups in total. The quantitative estimate of drug-likeness (QED) is 0.765. The molecule has 1 aromatic heterocycles. The Morgan fingerprint density at radius 1 is 1.69 bits per heavy atom. The molecule has 1 fully saturated rings. The smallest absolute Gasteiger partial charge is 0.0820 e. The fraction of sp³-hybridized carbons (Fsp3) is 0.700. The highest BCUT2D eigenvalue weighted by Crippen LogP contribution is 2.35. The number of aromatic nitrogens is 2. The number of aliphatic hydroxyl groups excluding tert-OH is 1. The van der Waals surface area contributed by atoms with Crippen molar-refractivity contribution in [1.82, 2.24) is 9.78 Å². The van der Waals surface area contributed by atoms with Crippen LogP contribution in [-0.4, -0.2) is 14.9 Å². The Kier molecular flexibility index (Phi) is 2.36. The standard InChI is InChI=1S/C10H16N2O/c1-12-7-9(6-11-12)10(13)5-4-8-2-3-8/h6-8,10,13H,2-5H2,1H3. The Labute approximate surface area is 78.4 Å². The minimum Gasteiger partial charge on any atom is -0.388 e. The monoisotopic (exact) mass is 180 g/mol. The predicted molar refractivity (Wildman–Crippen MR) is 50.1 cm³/mol. The molecule has 0 aromatic carbocycles. The summed E-state index contributed by atoms with van der Waals surface area (Å²) in [6.07, 6.45) is 8.09. The summed E-state index contributed by atoms with van der Waals surface area (Å²) in [6, 6.07) is 0. The Hall–Kier alpha value is -0.830. The third-order valence-corrected chi connectivity index (χ3v) is 2.65. The summed E-state index contributed by atoms with van der Waals surface area (Å²) in [5, 5.41) is 13.8.